The maximum Gasteiger partial charge on any atom is 0.319 e. The standard InChI is InChI=1S/C21H24N4O3/c1-27-18-8-4-2-6-16(18)23-20(26)22-14-15-10-12-25(13-11-15)21-24-17-7-3-5-9-19(17)28-21/h2-9,15H,10-14H2,1H3,(H2,22,23,26). The summed E-state index contributed by atoms with van der Waals surface area (Å²) >= 11 is 0. The van der Waals surface area contributed by atoms with Crippen molar-refractivity contribution in [3.8, 4) is 5.75 Å². The van der Waals surface area contributed by atoms with E-state index in [1.807, 2.05) is 48.5 Å². The summed E-state index contributed by atoms with van der Waals surface area (Å²) in [5.74, 6) is 1.08. The van der Waals surface area contributed by atoms with E-state index in [0.29, 0.717) is 29.9 Å². The number of rotatable bonds is 5. The fraction of sp³-hybridized carbons (Fsp3) is 0.333. The predicted molar refractivity (Wildman–Crippen MR) is 109 cm³/mol. The number of fused-ring (bicyclic) bond motifs is 1. The SMILES string of the molecule is COc1ccccc1NC(=O)NCC1CCN(c2nc3ccccc3o2)CC1. The quantitative estimate of drug-likeness (QED) is 0.702. The Bertz CT molecular complexity index is 914. The van der Waals surface area contributed by atoms with Crippen molar-refractivity contribution in [2.45, 2.75) is 12.8 Å². The number of para-hydroxylation sites is 4. The van der Waals surface area contributed by atoms with Gasteiger partial charge in [0.15, 0.2) is 5.58 Å². The molecule has 2 amide bonds. The van der Waals surface area contributed by atoms with Gasteiger partial charge in [0, 0.05) is 19.6 Å². The van der Waals surface area contributed by atoms with E-state index in [1.165, 1.54) is 0 Å². The lowest BCUT2D eigenvalue weighted by Gasteiger charge is -2.30. The topological polar surface area (TPSA) is 79.6 Å². The summed E-state index contributed by atoms with van der Waals surface area (Å²) in [6.45, 7) is 2.38. The highest BCUT2D eigenvalue weighted by atomic mass is 16.5. The van der Waals surface area contributed by atoms with E-state index < -0.39 is 0 Å². The molecule has 0 saturated carbocycles. The second-order valence-corrected chi connectivity index (χ2v) is 6.93. The largest absolute Gasteiger partial charge is 0.495 e. The van der Waals surface area contributed by atoms with Gasteiger partial charge in [0.1, 0.15) is 11.3 Å². The first-order valence-electron chi connectivity index (χ1n) is 9.51. The van der Waals surface area contributed by atoms with E-state index >= 15 is 0 Å². The van der Waals surface area contributed by atoms with Crippen molar-refractivity contribution in [3.05, 3.63) is 48.5 Å². The Kier molecular flexibility index (Phi) is 5.32. The first kappa shape index (κ1) is 18.2. The molecule has 1 aromatic heterocycles. The van der Waals surface area contributed by atoms with Crippen LogP contribution in [0.15, 0.2) is 52.9 Å². The molecule has 1 aliphatic rings. The average molecular weight is 380 g/mol. The number of oxazole rings is 1. The molecule has 2 aromatic carbocycles. The number of methoxy groups -OCH3 is 1. The lowest BCUT2D eigenvalue weighted by molar-refractivity contribution is 0.248. The molecule has 0 unspecified atom stereocenters. The van der Waals surface area contributed by atoms with Crippen LogP contribution in [0.3, 0.4) is 0 Å². The average Bonchev–Trinajstić information content (AvgIpc) is 3.17. The van der Waals surface area contributed by atoms with Crippen LogP contribution in [0.25, 0.3) is 11.1 Å². The molecule has 28 heavy (non-hydrogen) atoms. The van der Waals surface area contributed by atoms with Crippen molar-refractivity contribution >= 4 is 28.8 Å². The monoisotopic (exact) mass is 380 g/mol. The van der Waals surface area contributed by atoms with E-state index in [1.54, 1.807) is 7.11 Å². The Hall–Kier alpha value is -3.22. The zero-order chi connectivity index (χ0) is 19.3. The number of ether oxygens (including phenoxy) is 1. The first-order valence-corrected chi connectivity index (χ1v) is 9.51. The van der Waals surface area contributed by atoms with Crippen molar-refractivity contribution in [2.24, 2.45) is 5.92 Å². The minimum absolute atomic E-state index is 0.217. The lowest BCUT2D eigenvalue weighted by atomic mass is 9.97. The van der Waals surface area contributed by atoms with Gasteiger partial charge in [0.2, 0.25) is 0 Å². The van der Waals surface area contributed by atoms with Crippen molar-refractivity contribution in [3.63, 3.8) is 0 Å². The number of piperidine rings is 1. The van der Waals surface area contributed by atoms with E-state index in [0.717, 1.165) is 37.0 Å². The molecule has 4 rings (SSSR count). The molecule has 0 bridgehead atoms. The Morgan fingerprint density at radius 3 is 2.71 bits per heavy atom. The third-order valence-corrected chi connectivity index (χ3v) is 5.07. The van der Waals surface area contributed by atoms with Crippen molar-refractivity contribution < 1.29 is 13.9 Å². The highest BCUT2D eigenvalue weighted by Gasteiger charge is 2.23. The number of carbonyl (C=O) groups is 1. The highest BCUT2D eigenvalue weighted by molar-refractivity contribution is 5.90. The molecular weight excluding hydrogens is 356 g/mol. The number of benzene rings is 2. The Morgan fingerprint density at radius 2 is 1.93 bits per heavy atom. The van der Waals surface area contributed by atoms with Gasteiger partial charge in [-0.2, -0.15) is 4.98 Å². The van der Waals surface area contributed by atoms with Crippen LogP contribution in [0.1, 0.15) is 12.8 Å². The number of carbonyl (C=O) groups excluding carboxylic acids is 1. The number of anilines is 2. The van der Waals surface area contributed by atoms with Gasteiger partial charge in [0.05, 0.1) is 12.8 Å². The number of nitrogens with zero attached hydrogens (tertiary/aromatic N) is 2. The summed E-state index contributed by atoms with van der Waals surface area (Å²) in [6.07, 6.45) is 1.96. The van der Waals surface area contributed by atoms with Crippen molar-refractivity contribution in [2.75, 3.05) is 37.0 Å². The number of hydrogen-bond donors (Lipinski definition) is 2. The van der Waals surface area contributed by atoms with Crippen LogP contribution >= 0.6 is 0 Å². The van der Waals surface area contributed by atoms with Crippen LogP contribution in [0, 0.1) is 5.92 Å². The van der Waals surface area contributed by atoms with Crippen LogP contribution < -0.4 is 20.3 Å². The molecule has 0 radical (unpaired) electrons. The van der Waals surface area contributed by atoms with Crippen LogP contribution in [-0.4, -0.2) is 37.8 Å². The zero-order valence-electron chi connectivity index (χ0n) is 15.9. The summed E-state index contributed by atoms with van der Waals surface area (Å²) in [7, 11) is 1.59. The number of aromatic nitrogens is 1. The second-order valence-electron chi connectivity index (χ2n) is 6.93. The molecule has 2 heterocycles. The van der Waals surface area contributed by atoms with Gasteiger partial charge in [-0.15, -0.1) is 0 Å². The molecule has 7 heteroatoms. The molecule has 0 spiro atoms. The Morgan fingerprint density at radius 1 is 1.18 bits per heavy atom. The molecule has 0 aliphatic carbocycles. The smallest absolute Gasteiger partial charge is 0.319 e. The van der Waals surface area contributed by atoms with E-state index in [9.17, 15) is 4.79 Å². The predicted octanol–water partition coefficient (Wildman–Crippen LogP) is 3.87. The Labute approximate surface area is 163 Å². The summed E-state index contributed by atoms with van der Waals surface area (Å²) in [5.41, 5.74) is 2.36. The molecule has 2 N–H and O–H groups in total. The number of urea groups is 1. The fourth-order valence-corrected chi connectivity index (χ4v) is 3.48. The van der Waals surface area contributed by atoms with Gasteiger partial charge in [-0.05, 0) is 43.0 Å². The van der Waals surface area contributed by atoms with Gasteiger partial charge in [-0.1, -0.05) is 24.3 Å². The van der Waals surface area contributed by atoms with Gasteiger partial charge in [0.25, 0.3) is 6.01 Å². The van der Waals surface area contributed by atoms with E-state index in [2.05, 4.69) is 20.5 Å². The summed E-state index contributed by atoms with van der Waals surface area (Å²) in [5, 5.41) is 5.81. The van der Waals surface area contributed by atoms with Crippen LogP contribution in [-0.2, 0) is 0 Å². The summed E-state index contributed by atoms with van der Waals surface area (Å²) < 4.78 is 11.1. The lowest BCUT2D eigenvalue weighted by Crippen LogP contribution is -2.40. The third-order valence-electron chi connectivity index (χ3n) is 5.07. The van der Waals surface area contributed by atoms with Gasteiger partial charge in [-0.25, -0.2) is 4.79 Å². The third kappa shape index (κ3) is 4.03. The number of amides is 2. The van der Waals surface area contributed by atoms with Crippen LogP contribution in [0.5, 0.6) is 5.75 Å². The van der Waals surface area contributed by atoms with Gasteiger partial charge >= 0.3 is 6.03 Å². The maximum absolute atomic E-state index is 12.2. The highest BCUT2D eigenvalue weighted by Crippen LogP contribution is 2.26. The first-order chi connectivity index (χ1) is 13.7. The molecule has 3 aromatic rings. The van der Waals surface area contributed by atoms with E-state index in [-0.39, 0.29) is 6.03 Å². The zero-order valence-corrected chi connectivity index (χ0v) is 15.9. The summed E-state index contributed by atoms with van der Waals surface area (Å²) in [6, 6.07) is 15.6. The molecule has 7 nitrogen and oxygen atoms in total. The second kappa shape index (κ2) is 8.21. The fourth-order valence-electron chi connectivity index (χ4n) is 3.48. The number of hydrogen-bond acceptors (Lipinski definition) is 5. The molecule has 1 fully saturated rings. The summed E-state index contributed by atoms with van der Waals surface area (Å²) in [4.78, 5) is 18.9. The molecular formula is C21H24N4O3. The molecule has 0 atom stereocenters. The molecule has 1 saturated heterocycles. The normalized spacial score (nSPS) is 14.8. The minimum Gasteiger partial charge on any atom is -0.495 e. The Balaban J connectivity index is 1.26. The number of nitrogens with one attached hydrogen (secondary N) is 2. The van der Waals surface area contributed by atoms with Gasteiger partial charge in [-0.3, -0.25) is 0 Å². The van der Waals surface area contributed by atoms with Crippen molar-refractivity contribution in [1.82, 2.24) is 10.3 Å². The van der Waals surface area contributed by atoms with Gasteiger partial charge < -0.3 is 24.7 Å². The van der Waals surface area contributed by atoms with Crippen molar-refractivity contribution in [1.29, 1.82) is 0 Å². The van der Waals surface area contributed by atoms with E-state index in [4.69, 9.17) is 9.15 Å². The van der Waals surface area contributed by atoms with Crippen LogP contribution in [0.2, 0.25) is 0 Å². The van der Waals surface area contributed by atoms with Crippen LogP contribution in [0.4, 0.5) is 16.5 Å². The molecule has 1 aliphatic heterocycles. The maximum atomic E-state index is 12.2. The molecule has 146 valence electrons. The minimum atomic E-state index is -0.217.